The van der Waals surface area contributed by atoms with Gasteiger partial charge in [0.1, 0.15) is 24.1 Å². The normalized spacial score (nSPS) is 10.7. The van der Waals surface area contributed by atoms with Crippen LogP contribution in [0.5, 0.6) is 0 Å². The molecule has 0 saturated heterocycles. The largest absolute Gasteiger partial charge is 0.458 e. The molecule has 0 saturated carbocycles. The van der Waals surface area contributed by atoms with Crippen molar-refractivity contribution in [3.8, 4) is 6.07 Å². The lowest BCUT2D eigenvalue weighted by Crippen LogP contribution is -2.06. The molecule has 2 N–H and O–H groups in total. The molecule has 0 radical (unpaired) electrons. The van der Waals surface area contributed by atoms with Gasteiger partial charge < -0.3 is 10.1 Å². The number of aromatic amines is 1. The van der Waals surface area contributed by atoms with Crippen LogP contribution in [0.4, 0.5) is 10.1 Å². The number of tetrazole rings is 1. The van der Waals surface area contributed by atoms with Crippen LogP contribution in [-0.2, 0) is 4.74 Å². The van der Waals surface area contributed by atoms with Gasteiger partial charge in [-0.15, -0.1) is 10.2 Å². The number of H-pyrrole nitrogens is 1. The molecule has 0 spiro atoms. The van der Waals surface area contributed by atoms with E-state index in [9.17, 15) is 9.18 Å². The Morgan fingerprint density at radius 2 is 2.39 bits per heavy atom. The summed E-state index contributed by atoms with van der Waals surface area (Å²) in [4.78, 5) is 11.6. The zero-order valence-electron chi connectivity index (χ0n) is 11.8. The molecule has 1 aromatic heterocycles. The second-order valence-corrected chi connectivity index (χ2v) is 4.13. The zero-order chi connectivity index (χ0) is 16.7. The molecule has 0 bridgehead atoms. The lowest BCUT2D eigenvalue weighted by Gasteiger charge is -2.06. The number of halogens is 1. The van der Waals surface area contributed by atoms with Crippen LogP contribution in [0.1, 0.15) is 16.2 Å². The number of esters is 1. The Hall–Kier alpha value is -3.54. The molecule has 116 valence electrons. The van der Waals surface area contributed by atoms with E-state index in [0.717, 1.165) is 6.07 Å². The molecule has 1 heterocycles. The molecule has 0 aliphatic rings. The summed E-state index contributed by atoms with van der Waals surface area (Å²) in [6, 6.07) is 5.63. The highest BCUT2D eigenvalue weighted by molar-refractivity contribution is 5.90. The van der Waals surface area contributed by atoms with E-state index in [1.165, 1.54) is 24.4 Å². The number of nitriles is 1. The van der Waals surface area contributed by atoms with Crippen LogP contribution in [0.3, 0.4) is 0 Å². The summed E-state index contributed by atoms with van der Waals surface area (Å²) in [5.74, 6) is -1.26. The molecular formula is C14H11FN6O2. The lowest BCUT2D eigenvalue weighted by atomic mass is 10.2. The van der Waals surface area contributed by atoms with Gasteiger partial charge >= 0.3 is 5.97 Å². The molecule has 0 aliphatic carbocycles. The maximum absolute atomic E-state index is 14.0. The molecule has 23 heavy (non-hydrogen) atoms. The Morgan fingerprint density at radius 1 is 1.57 bits per heavy atom. The molecule has 1 aromatic carbocycles. The van der Waals surface area contributed by atoms with E-state index in [0.29, 0.717) is 0 Å². The van der Waals surface area contributed by atoms with E-state index < -0.39 is 11.8 Å². The highest BCUT2D eigenvalue weighted by Crippen LogP contribution is 2.17. The number of rotatable bonds is 6. The molecule has 9 heteroatoms. The molecular weight excluding hydrogens is 303 g/mol. The van der Waals surface area contributed by atoms with Crippen LogP contribution in [0.25, 0.3) is 5.57 Å². The van der Waals surface area contributed by atoms with Crippen molar-refractivity contribution >= 4 is 17.2 Å². The summed E-state index contributed by atoms with van der Waals surface area (Å²) in [5, 5.41) is 24.4. The highest BCUT2D eigenvalue weighted by Gasteiger charge is 2.11. The minimum Gasteiger partial charge on any atom is -0.458 e. The summed E-state index contributed by atoms with van der Waals surface area (Å²) in [5.41, 5.74) is 0.201. The average Bonchev–Trinajstić information content (AvgIpc) is 3.08. The number of anilines is 1. The number of hydrogen-bond donors (Lipinski definition) is 2. The SMILES string of the molecule is C=CCOC(=O)c1ccc(NC=C(C#N)c2nn[nH]n2)c(F)c1. The van der Waals surface area contributed by atoms with E-state index in [2.05, 4.69) is 32.5 Å². The number of nitrogens with zero attached hydrogens (tertiary/aromatic N) is 4. The summed E-state index contributed by atoms with van der Waals surface area (Å²) in [6.45, 7) is 3.46. The van der Waals surface area contributed by atoms with Gasteiger partial charge in [-0.3, -0.25) is 0 Å². The lowest BCUT2D eigenvalue weighted by molar-refractivity contribution is 0.0549. The van der Waals surface area contributed by atoms with Gasteiger partial charge in [-0.2, -0.15) is 10.5 Å². The fraction of sp³-hybridized carbons (Fsp3) is 0.0714. The molecule has 0 aliphatic heterocycles. The number of benzene rings is 1. The Morgan fingerprint density at radius 3 is 3.00 bits per heavy atom. The third-order valence-corrected chi connectivity index (χ3v) is 2.62. The van der Waals surface area contributed by atoms with Crippen LogP contribution in [0.2, 0.25) is 0 Å². The molecule has 0 fully saturated rings. The second kappa shape index (κ2) is 7.46. The first-order valence-electron chi connectivity index (χ1n) is 6.34. The number of carbonyl (C=O) groups excluding carboxylic acids is 1. The Kier molecular flexibility index (Phi) is 5.14. The summed E-state index contributed by atoms with van der Waals surface area (Å²) in [6.07, 6.45) is 2.65. The van der Waals surface area contributed by atoms with Crippen LogP contribution in [-0.4, -0.2) is 33.2 Å². The molecule has 8 nitrogen and oxygen atoms in total. The number of ether oxygens (including phenoxy) is 1. The monoisotopic (exact) mass is 314 g/mol. The quantitative estimate of drug-likeness (QED) is 0.473. The third kappa shape index (κ3) is 3.98. The first kappa shape index (κ1) is 15.8. The zero-order valence-corrected chi connectivity index (χ0v) is 11.8. The fourth-order valence-corrected chi connectivity index (χ4v) is 1.55. The average molecular weight is 314 g/mol. The van der Waals surface area contributed by atoms with Gasteiger partial charge in [-0.25, -0.2) is 9.18 Å². The van der Waals surface area contributed by atoms with Crippen molar-refractivity contribution in [1.82, 2.24) is 20.6 Å². The molecule has 0 atom stereocenters. The second-order valence-electron chi connectivity index (χ2n) is 4.13. The van der Waals surface area contributed by atoms with E-state index in [-0.39, 0.29) is 29.3 Å². The third-order valence-electron chi connectivity index (χ3n) is 2.62. The molecule has 0 unspecified atom stereocenters. The number of allylic oxidation sites excluding steroid dienone is 1. The fourth-order valence-electron chi connectivity index (χ4n) is 1.55. The van der Waals surface area contributed by atoms with Crippen molar-refractivity contribution in [2.24, 2.45) is 0 Å². The van der Waals surface area contributed by atoms with E-state index in [1.807, 2.05) is 6.07 Å². The number of nitrogens with one attached hydrogen (secondary N) is 2. The first-order chi connectivity index (χ1) is 11.2. The topological polar surface area (TPSA) is 117 Å². The Balaban J connectivity index is 2.14. The molecule has 2 aromatic rings. The number of hydrogen-bond acceptors (Lipinski definition) is 7. The predicted octanol–water partition coefficient (Wildman–Crippen LogP) is 1.66. The van der Waals surface area contributed by atoms with Crippen molar-refractivity contribution in [1.29, 1.82) is 5.26 Å². The Labute approximate surface area is 130 Å². The van der Waals surface area contributed by atoms with Gasteiger partial charge in [-0.1, -0.05) is 12.7 Å². The predicted molar refractivity (Wildman–Crippen MR) is 78.3 cm³/mol. The van der Waals surface area contributed by atoms with Crippen LogP contribution < -0.4 is 5.32 Å². The van der Waals surface area contributed by atoms with Crippen molar-refractivity contribution in [2.75, 3.05) is 11.9 Å². The number of carbonyl (C=O) groups is 1. The minimum absolute atomic E-state index is 0.0411. The first-order valence-corrected chi connectivity index (χ1v) is 6.34. The van der Waals surface area contributed by atoms with Gasteiger partial charge in [0.2, 0.25) is 5.82 Å². The molecule has 0 amide bonds. The van der Waals surface area contributed by atoms with Gasteiger partial charge in [0.05, 0.1) is 11.3 Å². The van der Waals surface area contributed by atoms with Gasteiger partial charge in [0, 0.05) is 6.20 Å². The van der Waals surface area contributed by atoms with Crippen molar-refractivity contribution in [2.45, 2.75) is 0 Å². The summed E-state index contributed by atoms with van der Waals surface area (Å²) in [7, 11) is 0. The van der Waals surface area contributed by atoms with Crippen LogP contribution in [0.15, 0.2) is 37.1 Å². The van der Waals surface area contributed by atoms with Gasteiger partial charge in [0.25, 0.3) is 0 Å². The van der Waals surface area contributed by atoms with E-state index >= 15 is 0 Å². The van der Waals surface area contributed by atoms with Crippen LogP contribution in [0, 0.1) is 17.1 Å². The maximum atomic E-state index is 14.0. The highest BCUT2D eigenvalue weighted by atomic mass is 19.1. The van der Waals surface area contributed by atoms with E-state index in [4.69, 9.17) is 10.00 Å². The van der Waals surface area contributed by atoms with Crippen molar-refractivity contribution in [3.63, 3.8) is 0 Å². The standard InChI is InChI=1S/C14H11FN6O2/c1-2-5-23-14(22)9-3-4-12(11(15)6-9)17-8-10(7-16)13-18-20-21-19-13/h2-4,6,8,17H,1,5H2,(H,18,19,20,21). The van der Waals surface area contributed by atoms with E-state index in [1.54, 1.807) is 0 Å². The van der Waals surface area contributed by atoms with Crippen molar-refractivity contribution < 1.29 is 13.9 Å². The maximum Gasteiger partial charge on any atom is 0.338 e. The van der Waals surface area contributed by atoms with Crippen molar-refractivity contribution in [3.05, 3.63) is 54.3 Å². The number of aromatic nitrogens is 4. The minimum atomic E-state index is -0.681. The molecule has 2 rings (SSSR count). The summed E-state index contributed by atoms with van der Waals surface area (Å²) < 4.78 is 18.8. The van der Waals surface area contributed by atoms with Crippen LogP contribution >= 0.6 is 0 Å². The van der Waals surface area contributed by atoms with Gasteiger partial charge in [-0.05, 0) is 23.4 Å². The van der Waals surface area contributed by atoms with Gasteiger partial charge in [0.15, 0.2) is 0 Å². The Bertz CT molecular complexity index is 779. The smallest absolute Gasteiger partial charge is 0.338 e. The summed E-state index contributed by atoms with van der Waals surface area (Å²) >= 11 is 0.